The smallest absolute Gasteiger partial charge is 0.191 e. The predicted molar refractivity (Wildman–Crippen MR) is 123 cm³/mol. The van der Waals surface area contributed by atoms with Crippen LogP contribution in [0.3, 0.4) is 0 Å². The van der Waals surface area contributed by atoms with E-state index in [9.17, 15) is 5.11 Å². The zero-order valence-corrected chi connectivity index (χ0v) is 19.7. The molecular formula is C21H32IN3O3. The van der Waals surface area contributed by atoms with Crippen molar-refractivity contribution in [2.24, 2.45) is 4.99 Å². The molecule has 0 aliphatic rings. The summed E-state index contributed by atoms with van der Waals surface area (Å²) in [6.45, 7) is 9.71. The highest BCUT2D eigenvalue weighted by Gasteiger charge is 2.27. The summed E-state index contributed by atoms with van der Waals surface area (Å²) in [6, 6.07) is 10.0. The fourth-order valence-electron chi connectivity index (χ4n) is 3.01. The monoisotopic (exact) mass is 501 g/mol. The van der Waals surface area contributed by atoms with Gasteiger partial charge in [-0.25, -0.2) is 4.99 Å². The zero-order valence-electron chi connectivity index (χ0n) is 17.3. The van der Waals surface area contributed by atoms with Crippen molar-refractivity contribution < 1.29 is 14.3 Å². The minimum Gasteiger partial charge on any atom is -0.466 e. The fraction of sp³-hybridized carbons (Fsp3) is 0.476. The number of halogens is 1. The molecule has 156 valence electrons. The molecular weight excluding hydrogens is 469 g/mol. The summed E-state index contributed by atoms with van der Waals surface area (Å²) in [6.07, 6.45) is 0. The van der Waals surface area contributed by atoms with E-state index in [4.69, 9.17) is 9.15 Å². The van der Waals surface area contributed by atoms with E-state index in [1.807, 2.05) is 45.0 Å². The lowest BCUT2D eigenvalue weighted by Crippen LogP contribution is -2.44. The Hall–Kier alpha value is -1.58. The molecule has 0 saturated heterocycles. The van der Waals surface area contributed by atoms with Crippen molar-refractivity contribution >= 4 is 29.9 Å². The number of nitrogens with one attached hydrogen (secondary N) is 2. The number of hydrogen-bond acceptors (Lipinski definition) is 4. The second-order valence-electron chi connectivity index (χ2n) is 6.90. The third-order valence-electron chi connectivity index (χ3n) is 4.29. The van der Waals surface area contributed by atoms with Gasteiger partial charge in [0.1, 0.15) is 17.1 Å². The van der Waals surface area contributed by atoms with E-state index >= 15 is 0 Å². The Labute approximate surface area is 184 Å². The predicted octanol–water partition coefficient (Wildman–Crippen LogP) is 3.62. The van der Waals surface area contributed by atoms with E-state index in [1.165, 1.54) is 0 Å². The van der Waals surface area contributed by atoms with Crippen LogP contribution >= 0.6 is 24.0 Å². The summed E-state index contributed by atoms with van der Waals surface area (Å²) in [5, 5.41) is 17.3. The van der Waals surface area contributed by atoms with E-state index in [-0.39, 0.29) is 24.0 Å². The third kappa shape index (κ3) is 7.10. The van der Waals surface area contributed by atoms with Gasteiger partial charge in [0.2, 0.25) is 0 Å². The van der Waals surface area contributed by atoms with Crippen molar-refractivity contribution in [2.75, 3.05) is 20.2 Å². The SMILES string of the molecule is CCNC(=NCc1cccc(COC)c1)NCC(C)(O)c1cc(C)oc1C.I. The van der Waals surface area contributed by atoms with Crippen LogP contribution in [0, 0.1) is 13.8 Å². The van der Waals surface area contributed by atoms with Crippen LogP contribution in [0.1, 0.15) is 42.1 Å². The average Bonchev–Trinajstić information content (AvgIpc) is 2.97. The number of benzene rings is 1. The number of methoxy groups -OCH3 is 1. The summed E-state index contributed by atoms with van der Waals surface area (Å²) in [4.78, 5) is 4.63. The Bertz CT molecular complexity index is 772. The van der Waals surface area contributed by atoms with Crippen LogP contribution < -0.4 is 10.6 Å². The summed E-state index contributed by atoms with van der Waals surface area (Å²) < 4.78 is 10.7. The molecule has 6 nitrogen and oxygen atoms in total. The van der Waals surface area contributed by atoms with Crippen LogP contribution in [-0.2, 0) is 23.5 Å². The topological polar surface area (TPSA) is 79.0 Å². The van der Waals surface area contributed by atoms with Gasteiger partial charge in [0, 0.05) is 19.2 Å². The van der Waals surface area contributed by atoms with Gasteiger partial charge in [-0.05, 0) is 44.9 Å². The minimum atomic E-state index is -1.06. The van der Waals surface area contributed by atoms with E-state index in [0.717, 1.165) is 34.8 Å². The van der Waals surface area contributed by atoms with Gasteiger partial charge in [-0.15, -0.1) is 24.0 Å². The maximum Gasteiger partial charge on any atom is 0.191 e. The first-order valence-corrected chi connectivity index (χ1v) is 9.24. The Balaban J connectivity index is 0.00000392. The van der Waals surface area contributed by atoms with Crippen molar-refractivity contribution in [3.05, 3.63) is 58.5 Å². The van der Waals surface area contributed by atoms with Crippen molar-refractivity contribution in [1.82, 2.24) is 10.6 Å². The lowest BCUT2D eigenvalue weighted by molar-refractivity contribution is 0.0601. The number of hydrogen-bond donors (Lipinski definition) is 3. The van der Waals surface area contributed by atoms with Crippen LogP contribution in [0.4, 0.5) is 0 Å². The summed E-state index contributed by atoms with van der Waals surface area (Å²) in [7, 11) is 1.69. The number of ether oxygens (including phenoxy) is 1. The van der Waals surface area contributed by atoms with Gasteiger partial charge in [0.25, 0.3) is 0 Å². The van der Waals surface area contributed by atoms with Gasteiger partial charge in [0.05, 0.1) is 19.7 Å². The van der Waals surface area contributed by atoms with Crippen LogP contribution in [0.2, 0.25) is 0 Å². The Morgan fingerprint density at radius 1 is 1.21 bits per heavy atom. The second-order valence-corrected chi connectivity index (χ2v) is 6.90. The zero-order chi connectivity index (χ0) is 19.9. The van der Waals surface area contributed by atoms with Gasteiger partial charge in [0.15, 0.2) is 5.96 Å². The maximum absolute atomic E-state index is 10.9. The lowest BCUT2D eigenvalue weighted by Gasteiger charge is -2.24. The van der Waals surface area contributed by atoms with Crippen molar-refractivity contribution in [3.63, 3.8) is 0 Å². The molecule has 0 spiro atoms. The highest BCUT2D eigenvalue weighted by atomic mass is 127. The van der Waals surface area contributed by atoms with Crippen LogP contribution in [0.5, 0.6) is 0 Å². The third-order valence-corrected chi connectivity index (χ3v) is 4.29. The second kappa shape index (κ2) is 11.4. The highest BCUT2D eigenvalue weighted by molar-refractivity contribution is 14.0. The molecule has 2 rings (SSSR count). The molecule has 1 aromatic heterocycles. The molecule has 0 amide bonds. The molecule has 0 saturated carbocycles. The van der Waals surface area contributed by atoms with Crippen molar-refractivity contribution in [3.8, 4) is 0 Å². The number of aliphatic hydroxyl groups is 1. The molecule has 1 atom stereocenters. The van der Waals surface area contributed by atoms with E-state index in [0.29, 0.717) is 25.7 Å². The first-order valence-electron chi connectivity index (χ1n) is 9.24. The molecule has 3 N–H and O–H groups in total. The van der Waals surface area contributed by atoms with Crippen molar-refractivity contribution in [1.29, 1.82) is 0 Å². The molecule has 0 aliphatic heterocycles. The molecule has 0 aliphatic carbocycles. The van der Waals surface area contributed by atoms with Gasteiger partial charge in [-0.3, -0.25) is 0 Å². The molecule has 1 aromatic carbocycles. The Kier molecular flexibility index (Phi) is 9.98. The number of furan rings is 1. The quantitative estimate of drug-likeness (QED) is 0.293. The lowest BCUT2D eigenvalue weighted by atomic mass is 9.96. The van der Waals surface area contributed by atoms with E-state index < -0.39 is 5.60 Å². The van der Waals surface area contributed by atoms with Gasteiger partial charge in [-0.2, -0.15) is 0 Å². The minimum absolute atomic E-state index is 0. The number of nitrogens with zero attached hydrogens (tertiary/aromatic N) is 1. The van der Waals surface area contributed by atoms with Crippen LogP contribution in [0.25, 0.3) is 0 Å². The summed E-state index contributed by atoms with van der Waals surface area (Å²) in [5.41, 5.74) is 1.96. The average molecular weight is 501 g/mol. The molecule has 7 heteroatoms. The molecule has 0 bridgehead atoms. The molecule has 1 heterocycles. The van der Waals surface area contributed by atoms with Gasteiger partial charge >= 0.3 is 0 Å². The standard InChI is InChI=1S/C21H31N3O3.HI/c1-6-22-20(23-12-17-8-7-9-18(11-17)13-26-5)24-14-21(4,25)19-10-15(2)27-16(19)3;/h7-11,25H,6,12-14H2,1-5H3,(H2,22,23,24);1H. The largest absolute Gasteiger partial charge is 0.466 e. The number of aryl methyl sites for hydroxylation is 2. The van der Waals surface area contributed by atoms with E-state index in [2.05, 4.69) is 21.7 Å². The van der Waals surface area contributed by atoms with Gasteiger partial charge in [-0.1, -0.05) is 24.3 Å². The van der Waals surface area contributed by atoms with Crippen molar-refractivity contribution in [2.45, 2.75) is 46.4 Å². The number of guanidine groups is 1. The summed E-state index contributed by atoms with van der Waals surface area (Å²) >= 11 is 0. The molecule has 28 heavy (non-hydrogen) atoms. The normalized spacial score (nSPS) is 13.6. The Morgan fingerprint density at radius 2 is 1.93 bits per heavy atom. The molecule has 1 unspecified atom stereocenters. The highest BCUT2D eigenvalue weighted by Crippen LogP contribution is 2.26. The van der Waals surface area contributed by atoms with E-state index in [1.54, 1.807) is 14.0 Å². The fourth-order valence-corrected chi connectivity index (χ4v) is 3.01. The first kappa shape index (κ1) is 24.5. The van der Waals surface area contributed by atoms with Crippen LogP contribution in [0.15, 0.2) is 39.7 Å². The Morgan fingerprint density at radius 3 is 2.54 bits per heavy atom. The molecule has 2 aromatic rings. The number of rotatable bonds is 8. The summed E-state index contributed by atoms with van der Waals surface area (Å²) in [5.74, 6) is 2.18. The molecule has 0 radical (unpaired) electrons. The van der Waals surface area contributed by atoms with Crippen LogP contribution in [-0.4, -0.2) is 31.3 Å². The first-order chi connectivity index (χ1) is 12.9. The van der Waals surface area contributed by atoms with Gasteiger partial charge < -0.3 is 24.9 Å². The molecule has 0 fully saturated rings. The number of aliphatic imine (C=N–C) groups is 1. The maximum atomic E-state index is 10.9.